The summed E-state index contributed by atoms with van der Waals surface area (Å²) in [5, 5.41) is 9.16. The Labute approximate surface area is 118 Å². The van der Waals surface area contributed by atoms with Gasteiger partial charge in [0.05, 0.1) is 12.2 Å². The molecule has 1 atom stereocenters. The van der Waals surface area contributed by atoms with Crippen LogP contribution in [0.15, 0.2) is 18.2 Å². The van der Waals surface area contributed by atoms with E-state index in [-0.39, 0.29) is 5.56 Å². The van der Waals surface area contributed by atoms with Crippen molar-refractivity contribution in [1.29, 1.82) is 0 Å². The molecule has 1 heterocycles. The van der Waals surface area contributed by atoms with E-state index in [0.29, 0.717) is 24.6 Å². The van der Waals surface area contributed by atoms with Gasteiger partial charge >= 0.3 is 5.97 Å². The Hall–Kier alpha value is -1.46. The van der Waals surface area contributed by atoms with Gasteiger partial charge in [0, 0.05) is 20.2 Å². The normalized spacial score (nSPS) is 20.0. The third kappa shape index (κ3) is 3.77. The zero-order valence-corrected chi connectivity index (χ0v) is 11.6. The lowest BCUT2D eigenvalue weighted by atomic mass is 9.97. The number of nitrogens with zero attached hydrogens (tertiary/aromatic N) is 1. The number of ether oxygens (including phenoxy) is 1. The molecule has 1 N–H and O–H groups in total. The summed E-state index contributed by atoms with van der Waals surface area (Å²) in [6.45, 7) is 2.96. The van der Waals surface area contributed by atoms with E-state index in [1.807, 2.05) is 0 Å². The molecule has 0 bridgehead atoms. The maximum absolute atomic E-state index is 13.3. The number of halogens is 1. The number of carboxylic acid groups (broad SMARTS) is 1. The predicted molar refractivity (Wildman–Crippen MR) is 73.2 cm³/mol. The van der Waals surface area contributed by atoms with Crippen molar-refractivity contribution in [3.05, 3.63) is 35.1 Å². The summed E-state index contributed by atoms with van der Waals surface area (Å²) in [6, 6.07) is 3.85. The predicted octanol–water partition coefficient (Wildman–Crippen LogP) is 2.38. The van der Waals surface area contributed by atoms with Crippen LogP contribution in [-0.4, -0.2) is 42.8 Å². The van der Waals surface area contributed by atoms with Gasteiger partial charge < -0.3 is 9.84 Å². The second-order valence-electron chi connectivity index (χ2n) is 5.31. The number of carbonyl (C=O) groups is 1. The molecule has 2 rings (SSSR count). The van der Waals surface area contributed by atoms with Crippen molar-refractivity contribution in [2.24, 2.45) is 5.92 Å². The Morgan fingerprint density at radius 3 is 3.05 bits per heavy atom. The highest BCUT2D eigenvalue weighted by molar-refractivity contribution is 5.89. The lowest BCUT2D eigenvalue weighted by molar-refractivity contribution is 0.0689. The van der Waals surface area contributed by atoms with Crippen LogP contribution in [0.25, 0.3) is 0 Å². The van der Waals surface area contributed by atoms with Crippen LogP contribution in [0.4, 0.5) is 4.39 Å². The van der Waals surface area contributed by atoms with Crippen molar-refractivity contribution in [1.82, 2.24) is 4.90 Å². The number of hydrogen-bond donors (Lipinski definition) is 1. The number of rotatable bonds is 5. The standard InChI is InChI=1S/C15H20FNO3/c1-20-10-11-3-2-6-17(8-11)9-12-7-13(16)4-5-14(12)15(18)19/h4-5,7,11H,2-3,6,8-10H2,1H3,(H,18,19). The third-order valence-electron chi connectivity index (χ3n) is 3.70. The maximum atomic E-state index is 13.3. The maximum Gasteiger partial charge on any atom is 0.336 e. The van der Waals surface area contributed by atoms with Crippen LogP contribution in [0.2, 0.25) is 0 Å². The highest BCUT2D eigenvalue weighted by atomic mass is 19.1. The van der Waals surface area contributed by atoms with Gasteiger partial charge in [0.15, 0.2) is 0 Å². The number of benzene rings is 1. The fourth-order valence-electron chi connectivity index (χ4n) is 2.81. The largest absolute Gasteiger partial charge is 0.478 e. The molecule has 4 nitrogen and oxygen atoms in total. The summed E-state index contributed by atoms with van der Waals surface area (Å²) in [5.74, 6) is -0.934. The van der Waals surface area contributed by atoms with Crippen LogP contribution in [0, 0.1) is 11.7 Å². The van der Waals surface area contributed by atoms with Gasteiger partial charge in [-0.15, -0.1) is 0 Å². The zero-order chi connectivity index (χ0) is 14.5. The molecule has 1 unspecified atom stereocenters. The Morgan fingerprint density at radius 1 is 1.55 bits per heavy atom. The number of carboxylic acids is 1. The molecule has 0 spiro atoms. The minimum atomic E-state index is -1.01. The minimum Gasteiger partial charge on any atom is -0.478 e. The van der Waals surface area contributed by atoms with Gasteiger partial charge in [-0.1, -0.05) is 0 Å². The Balaban J connectivity index is 2.09. The SMILES string of the molecule is COCC1CCCN(Cc2cc(F)ccc2C(=O)O)C1. The first-order valence-corrected chi connectivity index (χ1v) is 6.83. The lowest BCUT2D eigenvalue weighted by Crippen LogP contribution is -2.36. The Bertz CT molecular complexity index is 476. The summed E-state index contributed by atoms with van der Waals surface area (Å²) in [6.07, 6.45) is 2.19. The first-order valence-electron chi connectivity index (χ1n) is 6.83. The van der Waals surface area contributed by atoms with Gasteiger partial charge in [-0.25, -0.2) is 9.18 Å². The minimum absolute atomic E-state index is 0.181. The molecule has 1 aromatic rings. The molecule has 5 heteroatoms. The van der Waals surface area contributed by atoms with Crippen LogP contribution >= 0.6 is 0 Å². The van der Waals surface area contributed by atoms with Crippen LogP contribution in [0.3, 0.4) is 0 Å². The van der Waals surface area contributed by atoms with Gasteiger partial charge in [-0.3, -0.25) is 4.90 Å². The van der Waals surface area contributed by atoms with Crippen LogP contribution in [0.5, 0.6) is 0 Å². The second-order valence-corrected chi connectivity index (χ2v) is 5.31. The van der Waals surface area contributed by atoms with Crippen molar-refractivity contribution in [3.63, 3.8) is 0 Å². The molecule has 0 aliphatic carbocycles. The molecule has 0 saturated carbocycles. The van der Waals surface area contributed by atoms with E-state index in [1.54, 1.807) is 7.11 Å². The van der Waals surface area contributed by atoms with Crippen molar-refractivity contribution in [3.8, 4) is 0 Å². The van der Waals surface area contributed by atoms with Gasteiger partial charge in [-0.2, -0.15) is 0 Å². The molecule has 0 aromatic heterocycles. The van der Waals surface area contributed by atoms with Crippen molar-refractivity contribution in [2.75, 3.05) is 26.8 Å². The molecule has 20 heavy (non-hydrogen) atoms. The summed E-state index contributed by atoms with van der Waals surface area (Å²) >= 11 is 0. The van der Waals surface area contributed by atoms with Gasteiger partial charge in [0.1, 0.15) is 5.82 Å². The first-order chi connectivity index (χ1) is 9.60. The van der Waals surface area contributed by atoms with E-state index in [4.69, 9.17) is 9.84 Å². The van der Waals surface area contributed by atoms with E-state index < -0.39 is 11.8 Å². The number of likely N-dealkylation sites (tertiary alicyclic amines) is 1. The second kappa shape index (κ2) is 6.81. The van der Waals surface area contributed by atoms with Crippen LogP contribution in [-0.2, 0) is 11.3 Å². The van der Waals surface area contributed by atoms with Crippen LogP contribution < -0.4 is 0 Å². The summed E-state index contributed by atoms with van der Waals surface area (Å²) in [5.41, 5.74) is 0.718. The zero-order valence-electron chi connectivity index (χ0n) is 11.6. The summed E-state index contributed by atoms with van der Waals surface area (Å²) < 4.78 is 18.5. The lowest BCUT2D eigenvalue weighted by Gasteiger charge is -2.32. The molecule has 0 amide bonds. The molecule has 1 aliphatic heterocycles. The smallest absolute Gasteiger partial charge is 0.336 e. The van der Waals surface area contributed by atoms with Crippen molar-refractivity contribution < 1.29 is 19.0 Å². The van der Waals surface area contributed by atoms with E-state index in [2.05, 4.69) is 4.90 Å². The highest BCUT2D eigenvalue weighted by Crippen LogP contribution is 2.21. The molecular weight excluding hydrogens is 261 g/mol. The van der Waals surface area contributed by atoms with Gasteiger partial charge in [0.25, 0.3) is 0 Å². The topological polar surface area (TPSA) is 49.8 Å². The van der Waals surface area contributed by atoms with Gasteiger partial charge in [-0.05, 0) is 49.1 Å². The van der Waals surface area contributed by atoms with E-state index in [9.17, 15) is 9.18 Å². The fourth-order valence-corrected chi connectivity index (χ4v) is 2.81. The summed E-state index contributed by atoms with van der Waals surface area (Å²) in [7, 11) is 1.69. The Kier molecular flexibility index (Phi) is 5.09. The van der Waals surface area contributed by atoms with E-state index in [1.165, 1.54) is 18.2 Å². The number of piperidine rings is 1. The molecule has 1 saturated heterocycles. The molecule has 1 aliphatic rings. The average molecular weight is 281 g/mol. The average Bonchev–Trinajstić information content (AvgIpc) is 2.39. The molecule has 1 aromatic carbocycles. The van der Waals surface area contributed by atoms with Crippen molar-refractivity contribution in [2.45, 2.75) is 19.4 Å². The van der Waals surface area contributed by atoms with Gasteiger partial charge in [0.2, 0.25) is 0 Å². The first kappa shape index (κ1) is 14.9. The third-order valence-corrected chi connectivity index (χ3v) is 3.70. The van der Waals surface area contributed by atoms with Crippen molar-refractivity contribution >= 4 is 5.97 Å². The highest BCUT2D eigenvalue weighted by Gasteiger charge is 2.21. The van der Waals surface area contributed by atoms with E-state index >= 15 is 0 Å². The number of hydrogen-bond acceptors (Lipinski definition) is 3. The number of methoxy groups -OCH3 is 1. The van der Waals surface area contributed by atoms with Crippen LogP contribution in [0.1, 0.15) is 28.8 Å². The Morgan fingerprint density at radius 2 is 2.35 bits per heavy atom. The molecule has 110 valence electrons. The molecule has 0 radical (unpaired) electrons. The van der Waals surface area contributed by atoms with E-state index in [0.717, 1.165) is 25.9 Å². The molecular formula is C15H20FNO3. The quantitative estimate of drug-likeness (QED) is 0.900. The molecule has 1 fully saturated rings. The monoisotopic (exact) mass is 281 g/mol. The fraction of sp³-hybridized carbons (Fsp3) is 0.533. The number of aromatic carboxylic acids is 1. The summed E-state index contributed by atoms with van der Waals surface area (Å²) in [4.78, 5) is 13.4.